The Morgan fingerprint density at radius 3 is 2.22 bits per heavy atom. The number of amides is 1. The fraction of sp³-hybridized carbons (Fsp3) is 0.562. The summed E-state index contributed by atoms with van der Waals surface area (Å²) in [5, 5.41) is 2.77. The van der Waals surface area contributed by atoms with Gasteiger partial charge in [0.1, 0.15) is 5.75 Å². The van der Waals surface area contributed by atoms with Gasteiger partial charge in [0.25, 0.3) is 0 Å². The third-order valence-corrected chi connectivity index (χ3v) is 4.36. The smallest absolute Gasteiger partial charge is 0.235 e. The average Bonchev–Trinajstić information content (AvgIpc) is 2.40. The van der Waals surface area contributed by atoms with Crippen molar-refractivity contribution in [2.24, 2.45) is 0 Å². The van der Waals surface area contributed by atoms with Crippen molar-refractivity contribution >= 4 is 15.9 Å². The highest BCUT2D eigenvalue weighted by Gasteiger charge is 2.22. The molecule has 1 aromatic carbocycles. The third kappa shape index (κ3) is 7.47. The second kappa shape index (κ2) is 7.79. The maximum Gasteiger partial charge on any atom is 0.235 e. The number of sulfonamides is 1. The van der Waals surface area contributed by atoms with Gasteiger partial charge in [-0.3, -0.25) is 4.79 Å². The number of nitrogens with zero attached hydrogens (tertiary/aromatic N) is 1. The van der Waals surface area contributed by atoms with E-state index in [9.17, 15) is 13.2 Å². The lowest BCUT2D eigenvalue weighted by molar-refractivity contribution is -0.122. The molecule has 1 N–H and O–H groups in total. The van der Waals surface area contributed by atoms with E-state index in [-0.39, 0.29) is 19.0 Å². The molecule has 0 aliphatic heterocycles. The Labute approximate surface area is 138 Å². The van der Waals surface area contributed by atoms with Gasteiger partial charge in [-0.15, -0.1) is 0 Å². The summed E-state index contributed by atoms with van der Waals surface area (Å²) in [5.41, 5.74) is 0.589. The van der Waals surface area contributed by atoms with Gasteiger partial charge in [-0.05, 0) is 44.9 Å². The van der Waals surface area contributed by atoms with Gasteiger partial charge in [0, 0.05) is 12.1 Å². The third-order valence-electron chi connectivity index (χ3n) is 3.11. The van der Waals surface area contributed by atoms with Crippen LogP contribution in [0.25, 0.3) is 0 Å². The van der Waals surface area contributed by atoms with Gasteiger partial charge in [-0.2, -0.15) is 4.31 Å². The van der Waals surface area contributed by atoms with Gasteiger partial charge in [-0.25, -0.2) is 8.42 Å². The molecule has 0 aromatic heterocycles. The maximum absolute atomic E-state index is 12.0. The zero-order valence-corrected chi connectivity index (χ0v) is 15.2. The molecular formula is C16H26N2O4S. The van der Waals surface area contributed by atoms with E-state index in [4.69, 9.17) is 4.74 Å². The number of benzene rings is 1. The van der Waals surface area contributed by atoms with Crippen LogP contribution in [0.5, 0.6) is 5.75 Å². The summed E-state index contributed by atoms with van der Waals surface area (Å²) >= 11 is 0. The summed E-state index contributed by atoms with van der Waals surface area (Å²) in [5.74, 6) is 0.441. The molecular weight excluding hydrogens is 316 g/mol. The Balaban J connectivity index is 2.70. The SMILES string of the molecule is COc1ccc(CCN(CC(=O)NC(C)(C)C)S(C)(=O)=O)cc1. The van der Waals surface area contributed by atoms with Crippen molar-refractivity contribution in [1.29, 1.82) is 0 Å². The quantitative estimate of drug-likeness (QED) is 0.813. The zero-order chi connectivity index (χ0) is 17.7. The van der Waals surface area contributed by atoms with Gasteiger partial charge >= 0.3 is 0 Å². The molecule has 0 unspecified atom stereocenters. The highest BCUT2D eigenvalue weighted by Crippen LogP contribution is 2.12. The number of hydrogen-bond acceptors (Lipinski definition) is 4. The monoisotopic (exact) mass is 342 g/mol. The van der Waals surface area contributed by atoms with Crippen LogP contribution in [0.4, 0.5) is 0 Å². The van der Waals surface area contributed by atoms with Crippen molar-refractivity contribution in [3.63, 3.8) is 0 Å². The van der Waals surface area contributed by atoms with Crippen molar-refractivity contribution in [2.45, 2.75) is 32.7 Å². The average molecular weight is 342 g/mol. The standard InChI is InChI=1S/C16H26N2O4S/c1-16(2,3)17-15(19)12-18(23(5,20)21)11-10-13-6-8-14(22-4)9-7-13/h6-9H,10-12H2,1-5H3,(H,17,19). The lowest BCUT2D eigenvalue weighted by Crippen LogP contribution is -2.47. The summed E-state index contributed by atoms with van der Waals surface area (Å²) in [7, 11) is -1.86. The minimum absolute atomic E-state index is 0.174. The Hall–Kier alpha value is -1.60. The van der Waals surface area contributed by atoms with Crippen LogP contribution in [0.2, 0.25) is 0 Å². The number of nitrogens with one attached hydrogen (secondary N) is 1. The van der Waals surface area contributed by atoms with Crippen LogP contribution in [-0.2, 0) is 21.2 Å². The number of carbonyl (C=O) groups is 1. The first kappa shape index (κ1) is 19.4. The van der Waals surface area contributed by atoms with Crippen molar-refractivity contribution in [3.8, 4) is 5.75 Å². The van der Waals surface area contributed by atoms with E-state index in [0.29, 0.717) is 6.42 Å². The number of rotatable bonds is 7. The molecule has 0 spiro atoms. The van der Waals surface area contributed by atoms with Gasteiger partial charge < -0.3 is 10.1 Å². The summed E-state index contributed by atoms with van der Waals surface area (Å²) in [6.07, 6.45) is 1.64. The van der Waals surface area contributed by atoms with Crippen molar-refractivity contribution < 1.29 is 17.9 Å². The van der Waals surface area contributed by atoms with E-state index >= 15 is 0 Å². The minimum atomic E-state index is -3.45. The topological polar surface area (TPSA) is 75.7 Å². The molecule has 0 aliphatic rings. The van der Waals surface area contributed by atoms with E-state index in [1.165, 1.54) is 4.31 Å². The lowest BCUT2D eigenvalue weighted by Gasteiger charge is -2.24. The number of carbonyl (C=O) groups excluding carboxylic acids is 1. The molecule has 1 amide bonds. The second-order valence-electron chi connectivity index (χ2n) is 6.49. The molecule has 0 aliphatic carbocycles. The molecule has 0 bridgehead atoms. The Bertz CT molecular complexity index is 618. The summed E-state index contributed by atoms with van der Waals surface area (Å²) in [4.78, 5) is 12.0. The highest BCUT2D eigenvalue weighted by molar-refractivity contribution is 7.88. The van der Waals surface area contributed by atoms with Crippen molar-refractivity contribution in [1.82, 2.24) is 9.62 Å². The van der Waals surface area contributed by atoms with Crippen molar-refractivity contribution in [2.75, 3.05) is 26.5 Å². The minimum Gasteiger partial charge on any atom is -0.497 e. The van der Waals surface area contributed by atoms with Gasteiger partial charge in [0.2, 0.25) is 15.9 Å². The first-order valence-electron chi connectivity index (χ1n) is 7.40. The van der Waals surface area contributed by atoms with E-state index in [2.05, 4.69) is 5.32 Å². The fourth-order valence-electron chi connectivity index (χ4n) is 2.03. The van der Waals surface area contributed by atoms with Crippen LogP contribution in [0.15, 0.2) is 24.3 Å². The van der Waals surface area contributed by atoms with E-state index in [1.54, 1.807) is 7.11 Å². The van der Waals surface area contributed by atoms with Crippen LogP contribution in [-0.4, -0.2) is 50.6 Å². The normalized spacial score (nSPS) is 12.3. The predicted octanol–water partition coefficient (Wildman–Crippen LogP) is 1.41. The molecule has 1 rings (SSSR count). The van der Waals surface area contributed by atoms with Gasteiger partial charge in [0.15, 0.2) is 0 Å². The van der Waals surface area contributed by atoms with E-state index in [1.807, 2.05) is 45.0 Å². The number of methoxy groups -OCH3 is 1. The molecule has 1 aromatic rings. The molecule has 7 heteroatoms. The summed E-state index contributed by atoms with van der Waals surface area (Å²) < 4.78 is 30.0. The second-order valence-corrected chi connectivity index (χ2v) is 8.48. The van der Waals surface area contributed by atoms with Crippen LogP contribution >= 0.6 is 0 Å². The Morgan fingerprint density at radius 2 is 1.78 bits per heavy atom. The van der Waals surface area contributed by atoms with Gasteiger partial charge in [-0.1, -0.05) is 12.1 Å². The zero-order valence-electron chi connectivity index (χ0n) is 14.4. The Morgan fingerprint density at radius 1 is 1.22 bits per heavy atom. The first-order chi connectivity index (χ1) is 10.5. The molecule has 0 heterocycles. The molecule has 0 saturated carbocycles. The van der Waals surface area contributed by atoms with Crippen LogP contribution in [0.3, 0.4) is 0 Å². The van der Waals surface area contributed by atoms with Crippen LogP contribution < -0.4 is 10.1 Å². The predicted molar refractivity (Wildman–Crippen MR) is 91.0 cm³/mol. The molecule has 0 fully saturated rings. The molecule has 130 valence electrons. The van der Waals surface area contributed by atoms with E-state index < -0.39 is 15.6 Å². The summed E-state index contributed by atoms with van der Waals surface area (Å²) in [6.45, 7) is 5.64. The highest BCUT2D eigenvalue weighted by atomic mass is 32.2. The fourth-order valence-corrected chi connectivity index (χ4v) is 2.80. The maximum atomic E-state index is 12.0. The van der Waals surface area contributed by atoms with Crippen molar-refractivity contribution in [3.05, 3.63) is 29.8 Å². The largest absolute Gasteiger partial charge is 0.497 e. The molecule has 0 atom stereocenters. The molecule has 0 radical (unpaired) electrons. The van der Waals surface area contributed by atoms with Crippen LogP contribution in [0.1, 0.15) is 26.3 Å². The van der Waals surface area contributed by atoms with E-state index in [0.717, 1.165) is 17.6 Å². The lowest BCUT2D eigenvalue weighted by atomic mass is 10.1. The number of ether oxygens (including phenoxy) is 1. The first-order valence-corrected chi connectivity index (χ1v) is 9.25. The Kier molecular flexibility index (Phi) is 6.58. The van der Waals surface area contributed by atoms with Crippen LogP contribution in [0, 0.1) is 0 Å². The molecule has 0 saturated heterocycles. The summed E-state index contributed by atoms with van der Waals surface area (Å²) in [6, 6.07) is 7.42. The number of hydrogen-bond donors (Lipinski definition) is 1. The van der Waals surface area contributed by atoms with Gasteiger partial charge in [0.05, 0.1) is 19.9 Å². The molecule has 23 heavy (non-hydrogen) atoms. The molecule has 6 nitrogen and oxygen atoms in total.